The van der Waals surface area contributed by atoms with Crippen molar-refractivity contribution in [3.8, 4) is 0 Å². The number of amides is 2. The van der Waals surface area contributed by atoms with E-state index in [-0.39, 0.29) is 11.8 Å². The first-order chi connectivity index (χ1) is 11.7. The van der Waals surface area contributed by atoms with E-state index in [9.17, 15) is 9.59 Å². The number of unbranched alkanes of at least 4 members (excludes halogenated alkanes) is 3. The van der Waals surface area contributed by atoms with E-state index in [1.165, 1.54) is 0 Å². The van der Waals surface area contributed by atoms with Gasteiger partial charge in [-0.1, -0.05) is 56.2 Å². The predicted octanol–water partition coefficient (Wildman–Crippen LogP) is 4.18. The number of hydrogen-bond acceptors (Lipinski definition) is 2. The molecule has 0 bridgehead atoms. The summed E-state index contributed by atoms with van der Waals surface area (Å²) in [6, 6.07) is 0. The van der Waals surface area contributed by atoms with Crippen molar-refractivity contribution in [3.05, 3.63) is 36.5 Å². The molecule has 3 N–H and O–H groups in total. The molecule has 4 nitrogen and oxygen atoms in total. The van der Waals surface area contributed by atoms with Crippen molar-refractivity contribution in [1.82, 2.24) is 5.32 Å². The van der Waals surface area contributed by atoms with Crippen LogP contribution in [0.2, 0.25) is 0 Å². The Morgan fingerprint density at radius 2 is 1.46 bits per heavy atom. The third kappa shape index (κ3) is 18.2. The second-order valence-electron chi connectivity index (χ2n) is 5.84. The molecular weight excluding hydrogens is 300 g/mol. The summed E-state index contributed by atoms with van der Waals surface area (Å²) in [4.78, 5) is 22.0. The van der Waals surface area contributed by atoms with Crippen LogP contribution in [-0.2, 0) is 9.59 Å². The number of nitrogens with two attached hydrogens (primary N) is 1. The zero-order chi connectivity index (χ0) is 17.9. The monoisotopic (exact) mass is 334 g/mol. The number of nitrogens with one attached hydrogen (secondary N) is 1. The van der Waals surface area contributed by atoms with Crippen LogP contribution in [-0.4, -0.2) is 18.4 Å². The van der Waals surface area contributed by atoms with E-state index in [1.54, 1.807) is 0 Å². The van der Waals surface area contributed by atoms with Gasteiger partial charge in [0.2, 0.25) is 11.8 Å². The molecule has 136 valence electrons. The average Bonchev–Trinajstić information content (AvgIpc) is 2.55. The lowest BCUT2D eigenvalue weighted by Gasteiger charge is -2.02. The quantitative estimate of drug-likeness (QED) is 0.348. The Labute approximate surface area is 147 Å². The summed E-state index contributed by atoms with van der Waals surface area (Å²) in [5.41, 5.74) is 5.07. The summed E-state index contributed by atoms with van der Waals surface area (Å²) in [6.07, 6.45) is 21.5. The van der Waals surface area contributed by atoms with Gasteiger partial charge in [0, 0.05) is 19.4 Å². The molecule has 0 aliphatic rings. The second kappa shape index (κ2) is 17.5. The van der Waals surface area contributed by atoms with Crippen LogP contribution in [0.15, 0.2) is 36.5 Å². The molecule has 0 heterocycles. The smallest absolute Gasteiger partial charge is 0.220 e. The summed E-state index contributed by atoms with van der Waals surface area (Å²) in [7, 11) is 0. The highest BCUT2D eigenvalue weighted by molar-refractivity contribution is 5.75. The fourth-order valence-corrected chi connectivity index (χ4v) is 2.09. The van der Waals surface area contributed by atoms with Crippen molar-refractivity contribution >= 4 is 11.8 Å². The first-order valence-electron chi connectivity index (χ1n) is 9.16. The number of allylic oxidation sites excluding steroid dienone is 5. The second-order valence-corrected chi connectivity index (χ2v) is 5.84. The van der Waals surface area contributed by atoms with E-state index >= 15 is 0 Å². The Morgan fingerprint density at radius 3 is 2.08 bits per heavy atom. The van der Waals surface area contributed by atoms with E-state index in [4.69, 9.17) is 5.73 Å². The van der Waals surface area contributed by atoms with Crippen LogP contribution < -0.4 is 11.1 Å². The maximum Gasteiger partial charge on any atom is 0.220 e. The molecule has 2 amide bonds. The average molecular weight is 335 g/mol. The minimum atomic E-state index is -0.230. The molecule has 0 aromatic heterocycles. The molecule has 0 spiro atoms. The highest BCUT2D eigenvalue weighted by atomic mass is 16.1. The Hall–Kier alpha value is -1.84. The summed E-state index contributed by atoms with van der Waals surface area (Å²) in [5.74, 6) is -0.0643. The Kier molecular flexibility index (Phi) is 16.2. The number of carbonyl (C=O) groups excluding carboxylic acids is 2. The summed E-state index contributed by atoms with van der Waals surface area (Å²) in [5, 5.41) is 2.94. The first kappa shape index (κ1) is 22.2. The molecule has 0 saturated heterocycles. The minimum absolute atomic E-state index is 0.166. The Morgan fingerprint density at radius 1 is 0.833 bits per heavy atom. The zero-order valence-corrected chi connectivity index (χ0v) is 15.1. The lowest BCUT2D eigenvalue weighted by atomic mass is 10.2. The van der Waals surface area contributed by atoms with Crippen molar-refractivity contribution in [1.29, 1.82) is 0 Å². The van der Waals surface area contributed by atoms with Crippen LogP contribution >= 0.6 is 0 Å². The standard InChI is InChI=1S/C20H34N2O2/c1-2-3-13-17-20(24)22-18-15-12-10-8-6-4-5-7-9-11-14-16-19(21)23/h4,6-7,9-10,12H,2-3,5,8,11,13-18H2,1H3,(H2,21,23)(H,22,24)/b6-4-,9-7-,12-10-. The molecule has 0 rings (SSSR count). The van der Waals surface area contributed by atoms with Crippen molar-refractivity contribution in [2.24, 2.45) is 5.73 Å². The van der Waals surface area contributed by atoms with Crippen LogP contribution in [0.4, 0.5) is 0 Å². The van der Waals surface area contributed by atoms with Crippen LogP contribution in [0.3, 0.4) is 0 Å². The molecule has 0 fully saturated rings. The van der Waals surface area contributed by atoms with Crippen molar-refractivity contribution in [3.63, 3.8) is 0 Å². The van der Waals surface area contributed by atoms with E-state index < -0.39 is 0 Å². The van der Waals surface area contributed by atoms with Gasteiger partial charge in [0.05, 0.1) is 0 Å². The molecule has 24 heavy (non-hydrogen) atoms. The van der Waals surface area contributed by atoms with Crippen LogP contribution in [0.25, 0.3) is 0 Å². The molecule has 4 heteroatoms. The lowest BCUT2D eigenvalue weighted by Crippen LogP contribution is -2.23. The van der Waals surface area contributed by atoms with Gasteiger partial charge >= 0.3 is 0 Å². The Balaban J connectivity index is 3.43. The van der Waals surface area contributed by atoms with E-state index in [0.29, 0.717) is 12.8 Å². The van der Waals surface area contributed by atoms with E-state index in [1.807, 2.05) is 0 Å². The van der Waals surface area contributed by atoms with Gasteiger partial charge in [-0.3, -0.25) is 9.59 Å². The van der Waals surface area contributed by atoms with Crippen molar-refractivity contribution in [2.75, 3.05) is 6.54 Å². The fraction of sp³-hybridized carbons (Fsp3) is 0.600. The molecular formula is C20H34N2O2. The third-order valence-corrected chi connectivity index (χ3v) is 3.48. The molecule has 0 aliphatic heterocycles. The van der Waals surface area contributed by atoms with Gasteiger partial charge in [-0.25, -0.2) is 0 Å². The Bertz CT molecular complexity index is 412. The molecule has 0 radical (unpaired) electrons. The normalized spacial score (nSPS) is 11.7. The first-order valence-corrected chi connectivity index (χ1v) is 9.16. The maximum atomic E-state index is 11.5. The molecule has 0 aromatic carbocycles. The molecule has 0 atom stereocenters. The largest absolute Gasteiger partial charge is 0.370 e. The minimum Gasteiger partial charge on any atom is -0.370 e. The van der Waals surface area contributed by atoms with Gasteiger partial charge in [0.1, 0.15) is 0 Å². The van der Waals surface area contributed by atoms with E-state index in [0.717, 1.165) is 57.9 Å². The molecule has 0 aromatic rings. The van der Waals surface area contributed by atoms with Gasteiger partial charge in [-0.15, -0.1) is 0 Å². The van der Waals surface area contributed by atoms with Gasteiger partial charge in [0.25, 0.3) is 0 Å². The van der Waals surface area contributed by atoms with Gasteiger partial charge in [-0.2, -0.15) is 0 Å². The van der Waals surface area contributed by atoms with Crippen LogP contribution in [0.5, 0.6) is 0 Å². The topological polar surface area (TPSA) is 72.2 Å². The third-order valence-electron chi connectivity index (χ3n) is 3.48. The number of primary amides is 1. The van der Waals surface area contributed by atoms with Gasteiger partial charge in [-0.05, 0) is 38.5 Å². The fourth-order valence-electron chi connectivity index (χ4n) is 2.09. The van der Waals surface area contributed by atoms with Gasteiger partial charge in [0.15, 0.2) is 0 Å². The molecule has 0 unspecified atom stereocenters. The van der Waals surface area contributed by atoms with Crippen LogP contribution in [0, 0.1) is 0 Å². The summed E-state index contributed by atoms with van der Waals surface area (Å²) < 4.78 is 0. The van der Waals surface area contributed by atoms with Gasteiger partial charge < -0.3 is 11.1 Å². The highest BCUT2D eigenvalue weighted by Gasteiger charge is 1.98. The number of rotatable bonds is 15. The summed E-state index contributed by atoms with van der Waals surface area (Å²) in [6.45, 7) is 2.86. The van der Waals surface area contributed by atoms with E-state index in [2.05, 4.69) is 48.7 Å². The summed E-state index contributed by atoms with van der Waals surface area (Å²) >= 11 is 0. The highest BCUT2D eigenvalue weighted by Crippen LogP contribution is 1.99. The molecule has 0 saturated carbocycles. The zero-order valence-electron chi connectivity index (χ0n) is 15.1. The van der Waals surface area contributed by atoms with Crippen molar-refractivity contribution in [2.45, 2.75) is 71.1 Å². The SMILES string of the molecule is CCCCCC(=O)NCC/C=C\C/C=C\C/C=C\CCCC(N)=O. The number of hydrogen-bond donors (Lipinski definition) is 2. The van der Waals surface area contributed by atoms with Crippen LogP contribution in [0.1, 0.15) is 71.1 Å². The lowest BCUT2D eigenvalue weighted by molar-refractivity contribution is -0.121. The predicted molar refractivity (Wildman–Crippen MR) is 101 cm³/mol. The van der Waals surface area contributed by atoms with Crippen molar-refractivity contribution < 1.29 is 9.59 Å². The number of carbonyl (C=O) groups is 2. The molecule has 0 aliphatic carbocycles. The maximum absolute atomic E-state index is 11.5.